The molecule has 0 saturated heterocycles. The number of imidazole rings is 1. The lowest BCUT2D eigenvalue weighted by molar-refractivity contribution is 0.415. The Bertz CT molecular complexity index is 1010. The van der Waals surface area contributed by atoms with Crippen molar-refractivity contribution in [3.63, 3.8) is 0 Å². The Hall–Kier alpha value is -3.41. The van der Waals surface area contributed by atoms with Gasteiger partial charge in [0.15, 0.2) is 0 Å². The van der Waals surface area contributed by atoms with Crippen molar-refractivity contribution in [3.8, 4) is 17.0 Å². The van der Waals surface area contributed by atoms with E-state index in [1.807, 2.05) is 40.9 Å². The first-order valence-electron chi connectivity index (χ1n) is 7.75. The minimum atomic E-state index is -0.277. The second kappa shape index (κ2) is 6.24. The predicted octanol–water partition coefficient (Wildman–Crippen LogP) is 4.29. The molecule has 2 heterocycles. The molecule has 0 spiro atoms. The van der Waals surface area contributed by atoms with Crippen molar-refractivity contribution in [1.29, 1.82) is 0 Å². The Balaban J connectivity index is 1.83. The second-order valence-corrected chi connectivity index (χ2v) is 5.46. The van der Waals surface area contributed by atoms with E-state index in [0.29, 0.717) is 5.78 Å². The number of hydrogen-bond donors (Lipinski definition) is 1. The van der Waals surface area contributed by atoms with Crippen LogP contribution in [0.2, 0.25) is 0 Å². The topological polar surface area (TPSA) is 51.5 Å². The van der Waals surface area contributed by atoms with Crippen molar-refractivity contribution in [2.45, 2.75) is 0 Å². The fourth-order valence-corrected chi connectivity index (χ4v) is 2.63. The average molecular weight is 334 g/mol. The van der Waals surface area contributed by atoms with Crippen molar-refractivity contribution < 1.29 is 9.13 Å². The summed E-state index contributed by atoms with van der Waals surface area (Å²) in [4.78, 5) is 8.93. The fraction of sp³-hybridized carbons (Fsp3) is 0.0526. The third kappa shape index (κ3) is 2.89. The molecule has 0 bridgehead atoms. The van der Waals surface area contributed by atoms with Gasteiger partial charge in [0.1, 0.15) is 23.1 Å². The first kappa shape index (κ1) is 15.1. The van der Waals surface area contributed by atoms with Crippen LogP contribution < -0.4 is 10.1 Å². The van der Waals surface area contributed by atoms with E-state index in [9.17, 15) is 4.39 Å². The van der Waals surface area contributed by atoms with Crippen molar-refractivity contribution in [2.24, 2.45) is 0 Å². The Morgan fingerprint density at radius 1 is 1.04 bits per heavy atom. The number of ether oxygens (including phenoxy) is 1. The highest BCUT2D eigenvalue weighted by Crippen LogP contribution is 2.31. The van der Waals surface area contributed by atoms with Gasteiger partial charge in [0.25, 0.3) is 0 Å². The summed E-state index contributed by atoms with van der Waals surface area (Å²) in [7, 11) is 1.63. The number of benzene rings is 2. The largest absolute Gasteiger partial charge is 0.497 e. The summed E-state index contributed by atoms with van der Waals surface area (Å²) in [5.74, 6) is 1.84. The normalized spacial score (nSPS) is 10.8. The van der Waals surface area contributed by atoms with Gasteiger partial charge in [-0.15, -0.1) is 0 Å². The molecular formula is C19H15FN4O. The molecule has 2 aromatic carbocycles. The van der Waals surface area contributed by atoms with Crippen molar-refractivity contribution >= 4 is 17.3 Å². The smallest absolute Gasteiger partial charge is 0.235 e. The highest BCUT2D eigenvalue weighted by atomic mass is 19.1. The van der Waals surface area contributed by atoms with E-state index in [1.165, 1.54) is 12.1 Å². The lowest BCUT2D eigenvalue weighted by Crippen LogP contribution is -1.97. The van der Waals surface area contributed by atoms with Gasteiger partial charge in [-0.2, -0.15) is 0 Å². The molecule has 0 aliphatic rings. The highest BCUT2D eigenvalue weighted by molar-refractivity contribution is 5.79. The zero-order chi connectivity index (χ0) is 17.2. The number of anilines is 2. The van der Waals surface area contributed by atoms with Crippen LogP contribution in [0.4, 0.5) is 15.9 Å². The summed E-state index contributed by atoms with van der Waals surface area (Å²) in [5.41, 5.74) is 2.45. The van der Waals surface area contributed by atoms with Gasteiger partial charge in [-0.05, 0) is 54.6 Å². The van der Waals surface area contributed by atoms with E-state index in [0.717, 1.165) is 28.5 Å². The average Bonchev–Trinajstić information content (AvgIpc) is 3.02. The van der Waals surface area contributed by atoms with Crippen LogP contribution in [0.1, 0.15) is 0 Å². The van der Waals surface area contributed by atoms with Gasteiger partial charge < -0.3 is 10.1 Å². The first-order chi connectivity index (χ1) is 12.2. The van der Waals surface area contributed by atoms with E-state index in [-0.39, 0.29) is 5.82 Å². The number of rotatable bonds is 4. The number of nitrogens with zero attached hydrogens (tertiary/aromatic N) is 3. The molecule has 0 unspecified atom stereocenters. The lowest BCUT2D eigenvalue weighted by atomic mass is 10.1. The summed E-state index contributed by atoms with van der Waals surface area (Å²) < 4.78 is 20.2. The Morgan fingerprint density at radius 3 is 2.52 bits per heavy atom. The fourth-order valence-electron chi connectivity index (χ4n) is 2.63. The Kier molecular flexibility index (Phi) is 3.78. The molecule has 0 radical (unpaired) electrons. The molecule has 0 fully saturated rings. The molecule has 6 heteroatoms. The zero-order valence-electron chi connectivity index (χ0n) is 13.5. The Morgan fingerprint density at radius 2 is 1.80 bits per heavy atom. The third-order valence-electron chi connectivity index (χ3n) is 3.87. The van der Waals surface area contributed by atoms with Gasteiger partial charge in [0.2, 0.25) is 5.78 Å². The quantitative estimate of drug-likeness (QED) is 0.605. The zero-order valence-corrected chi connectivity index (χ0v) is 13.5. The molecule has 4 aromatic rings. The maximum absolute atomic E-state index is 13.2. The lowest BCUT2D eigenvalue weighted by Gasteiger charge is -2.09. The molecule has 0 aliphatic heterocycles. The number of aromatic nitrogens is 3. The first-order valence-corrected chi connectivity index (χ1v) is 7.75. The molecule has 124 valence electrons. The molecule has 25 heavy (non-hydrogen) atoms. The maximum Gasteiger partial charge on any atom is 0.235 e. The summed E-state index contributed by atoms with van der Waals surface area (Å²) in [6, 6.07) is 15.7. The van der Waals surface area contributed by atoms with Crippen LogP contribution in [-0.4, -0.2) is 21.5 Å². The number of nitrogens with one attached hydrogen (secondary N) is 1. The van der Waals surface area contributed by atoms with E-state index in [4.69, 9.17) is 4.74 Å². The molecule has 0 saturated carbocycles. The van der Waals surface area contributed by atoms with Crippen LogP contribution in [0.15, 0.2) is 67.0 Å². The number of methoxy groups -OCH3 is 1. The molecule has 0 amide bonds. The van der Waals surface area contributed by atoms with Crippen LogP contribution in [0.3, 0.4) is 0 Å². The summed E-state index contributed by atoms with van der Waals surface area (Å²) >= 11 is 0. The highest BCUT2D eigenvalue weighted by Gasteiger charge is 2.15. The molecule has 1 N–H and O–H groups in total. The van der Waals surface area contributed by atoms with Gasteiger partial charge in [-0.3, -0.25) is 4.40 Å². The monoisotopic (exact) mass is 334 g/mol. The maximum atomic E-state index is 13.2. The summed E-state index contributed by atoms with van der Waals surface area (Å²) in [5, 5.41) is 3.31. The SMILES string of the molecule is COc1ccc(-c2nc3ncccn3c2Nc2ccc(F)cc2)cc1. The van der Waals surface area contributed by atoms with Gasteiger partial charge in [0, 0.05) is 23.6 Å². The van der Waals surface area contributed by atoms with Gasteiger partial charge in [0.05, 0.1) is 7.11 Å². The van der Waals surface area contributed by atoms with Gasteiger partial charge >= 0.3 is 0 Å². The third-order valence-corrected chi connectivity index (χ3v) is 3.87. The number of halogens is 1. The summed E-state index contributed by atoms with van der Waals surface area (Å²) in [6.07, 6.45) is 3.58. The molecule has 0 aliphatic carbocycles. The number of fused-ring (bicyclic) bond motifs is 1. The van der Waals surface area contributed by atoms with E-state index in [2.05, 4.69) is 15.3 Å². The molecule has 4 rings (SSSR count). The van der Waals surface area contributed by atoms with Crippen molar-refractivity contribution in [1.82, 2.24) is 14.4 Å². The molecule has 0 atom stereocenters. The molecule has 5 nitrogen and oxygen atoms in total. The van der Waals surface area contributed by atoms with Crippen LogP contribution >= 0.6 is 0 Å². The van der Waals surface area contributed by atoms with Crippen molar-refractivity contribution in [3.05, 3.63) is 72.8 Å². The Labute approximate surface area is 143 Å². The van der Waals surface area contributed by atoms with E-state index in [1.54, 1.807) is 25.4 Å². The standard InChI is InChI=1S/C19H15FN4O/c1-25-16-9-3-13(4-10-16)17-18(22-15-7-5-14(20)6-8-15)24-12-2-11-21-19(24)23-17/h2-12,22H,1H3. The van der Waals surface area contributed by atoms with Crippen LogP contribution in [-0.2, 0) is 0 Å². The van der Waals surface area contributed by atoms with Crippen LogP contribution in [0, 0.1) is 5.82 Å². The van der Waals surface area contributed by atoms with Gasteiger partial charge in [-0.25, -0.2) is 14.4 Å². The molecule has 2 aromatic heterocycles. The van der Waals surface area contributed by atoms with Gasteiger partial charge in [-0.1, -0.05) is 0 Å². The summed E-state index contributed by atoms with van der Waals surface area (Å²) in [6.45, 7) is 0. The van der Waals surface area contributed by atoms with Crippen LogP contribution in [0.5, 0.6) is 5.75 Å². The van der Waals surface area contributed by atoms with Crippen LogP contribution in [0.25, 0.3) is 17.0 Å². The number of hydrogen-bond acceptors (Lipinski definition) is 4. The minimum Gasteiger partial charge on any atom is -0.497 e. The second-order valence-electron chi connectivity index (χ2n) is 5.46. The predicted molar refractivity (Wildman–Crippen MR) is 94.7 cm³/mol. The van der Waals surface area contributed by atoms with E-state index < -0.39 is 0 Å². The van der Waals surface area contributed by atoms with E-state index >= 15 is 0 Å². The minimum absolute atomic E-state index is 0.277. The van der Waals surface area contributed by atoms with Crippen molar-refractivity contribution in [2.75, 3.05) is 12.4 Å². The molecular weight excluding hydrogens is 319 g/mol.